The van der Waals surface area contributed by atoms with Crippen molar-refractivity contribution in [2.45, 2.75) is 13.3 Å². The minimum atomic E-state index is -0.0560. The van der Waals surface area contributed by atoms with Gasteiger partial charge in [-0.2, -0.15) is 0 Å². The molecule has 19 heavy (non-hydrogen) atoms. The molecule has 0 atom stereocenters. The molecular formula is C15H14N2O2. The Morgan fingerprint density at radius 1 is 1.26 bits per heavy atom. The summed E-state index contributed by atoms with van der Waals surface area (Å²) in [5.41, 5.74) is 1.74. The molecule has 1 aromatic heterocycles. The molecule has 4 heteroatoms. The zero-order chi connectivity index (χ0) is 13.7. The Labute approximate surface area is 111 Å². The summed E-state index contributed by atoms with van der Waals surface area (Å²) in [4.78, 5) is 19.6. The minimum Gasteiger partial charge on any atom is -0.506 e. The Morgan fingerprint density at radius 3 is 2.79 bits per heavy atom. The normalized spacial score (nSPS) is 10.8. The number of hydrogen-bond acceptors (Lipinski definition) is 4. The van der Waals surface area contributed by atoms with E-state index < -0.39 is 0 Å². The molecule has 0 aliphatic heterocycles. The number of para-hydroxylation sites is 2. The third-order valence-corrected chi connectivity index (χ3v) is 2.58. The van der Waals surface area contributed by atoms with E-state index in [1.54, 1.807) is 42.6 Å². The van der Waals surface area contributed by atoms with Gasteiger partial charge in [0.2, 0.25) is 0 Å². The molecule has 1 heterocycles. The van der Waals surface area contributed by atoms with Crippen molar-refractivity contribution in [2.24, 2.45) is 4.99 Å². The van der Waals surface area contributed by atoms with Crippen LogP contribution in [0.2, 0.25) is 0 Å². The monoisotopic (exact) mass is 254 g/mol. The van der Waals surface area contributed by atoms with E-state index in [1.807, 2.05) is 6.07 Å². The number of Topliss-reactive ketones (excluding diaryl/α,β-unsaturated/α-hetero) is 1. The maximum atomic E-state index is 11.2. The molecule has 2 aromatic rings. The van der Waals surface area contributed by atoms with Crippen molar-refractivity contribution in [3.63, 3.8) is 0 Å². The molecule has 1 aromatic carbocycles. The number of aromatic nitrogens is 1. The van der Waals surface area contributed by atoms with Crippen LogP contribution in [0, 0.1) is 0 Å². The number of hydrogen-bond donors (Lipinski definition) is 1. The molecule has 0 aliphatic rings. The molecular weight excluding hydrogens is 240 g/mol. The number of rotatable bonds is 4. The lowest BCUT2D eigenvalue weighted by Gasteiger charge is -1.99. The number of carbonyl (C=O) groups excluding carboxylic acids is 1. The van der Waals surface area contributed by atoms with Gasteiger partial charge >= 0.3 is 0 Å². The van der Waals surface area contributed by atoms with Gasteiger partial charge in [0.1, 0.15) is 17.1 Å². The van der Waals surface area contributed by atoms with E-state index in [9.17, 15) is 9.90 Å². The number of carbonyl (C=O) groups is 1. The highest BCUT2D eigenvalue weighted by Gasteiger charge is 2.01. The van der Waals surface area contributed by atoms with Crippen molar-refractivity contribution < 1.29 is 9.90 Å². The zero-order valence-corrected chi connectivity index (χ0v) is 10.6. The second kappa shape index (κ2) is 5.91. The summed E-state index contributed by atoms with van der Waals surface area (Å²) in [6.45, 7) is 1.49. The second-order valence-electron chi connectivity index (χ2n) is 4.07. The highest BCUT2D eigenvalue weighted by molar-refractivity contribution is 5.92. The third kappa shape index (κ3) is 3.48. The molecule has 0 aliphatic carbocycles. The van der Waals surface area contributed by atoms with Gasteiger partial charge in [0.25, 0.3) is 0 Å². The van der Waals surface area contributed by atoms with Crippen LogP contribution in [0.5, 0.6) is 5.75 Å². The van der Waals surface area contributed by atoms with Crippen molar-refractivity contribution in [3.05, 3.63) is 53.9 Å². The summed E-state index contributed by atoms with van der Waals surface area (Å²) in [5, 5.41) is 9.55. The van der Waals surface area contributed by atoms with E-state index >= 15 is 0 Å². The lowest BCUT2D eigenvalue weighted by Crippen LogP contribution is -2.00. The van der Waals surface area contributed by atoms with E-state index in [2.05, 4.69) is 9.98 Å². The lowest BCUT2D eigenvalue weighted by atomic mass is 10.2. The largest absolute Gasteiger partial charge is 0.506 e. The quantitative estimate of drug-likeness (QED) is 0.674. The standard InChI is InChI=1S/C15H14N2O2/c1-11(18)13-7-4-5-12(17-13)9-10-16-14-6-2-3-8-15(14)19/h2-8,10,19H,9H2,1H3. The molecule has 2 rings (SSSR count). The van der Waals surface area contributed by atoms with Gasteiger partial charge in [-0.05, 0) is 24.3 Å². The van der Waals surface area contributed by atoms with E-state index in [1.165, 1.54) is 6.92 Å². The Balaban J connectivity index is 2.09. The van der Waals surface area contributed by atoms with Gasteiger partial charge < -0.3 is 5.11 Å². The summed E-state index contributed by atoms with van der Waals surface area (Å²) >= 11 is 0. The SMILES string of the molecule is CC(=O)c1cccc(CC=Nc2ccccc2O)n1. The van der Waals surface area contributed by atoms with E-state index in [0.29, 0.717) is 17.8 Å². The topological polar surface area (TPSA) is 62.5 Å². The molecule has 0 saturated carbocycles. The number of pyridine rings is 1. The molecule has 0 radical (unpaired) electrons. The fourth-order valence-electron chi connectivity index (χ4n) is 1.60. The number of nitrogens with zero attached hydrogens (tertiary/aromatic N) is 2. The molecule has 0 amide bonds. The van der Waals surface area contributed by atoms with Gasteiger partial charge in [-0.3, -0.25) is 9.79 Å². The van der Waals surface area contributed by atoms with Gasteiger partial charge in [0, 0.05) is 25.3 Å². The van der Waals surface area contributed by atoms with Crippen molar-refractivity contribution in [3.8, 4) is 5.75 Å². The zero-order valence-electron chi connectivity index (χ0n) is 10.6. The number of aromatic hydroxyl groups is 1. The number of phenolic OH excluding ortho intramolecular Hbond substituents is 1. The first-order valence-electron chi connectivity index (χ1n) is 5.94. The molecule has 1 N–H and O–H groups in total. The summed E-state index contributed by atoms with van der Waals surface area (Å²) < 4.78 is 0. The third-order valence-electron chi connectivity index (χ3n) is 2.58. The van der Waals surface area contributed by atoms with Crippen LogP contribution in [0.3, 0.4) is 0 Å². The first-order valence-corrected chi connectivity index (χ1v) is 5.94. The van der Waals surface area contributed by atoms with Gasteiger partial charge in [0.15, 0.2) is 5.78 Å². The minimum absolute atomic E-state index is 0.0560. The van der Waals surface area contributed by atoms with Crippen LogP contribution >= 0.6 is 0 Å². The lowest BCUT2D eigenvalue weighted by molar-refractivity contribution is 0.101. The highest BCUT2D eigenvalue weighted by Crippen LogP contribution is 2.24. The van der Waals surface area contributed by atoms with Gasteiger partial charge in [-0.1, -0.05) is 18.2 Å². The Kier molecular flexibility index (Phi) is 4.03. The Hall–Kier alpha value is -2.49. The summed E-state index contributed by atoms with van der Waals surface area (Å²) in [6, 6.07) is 12.2. The van der Waals surface area contributed by atoms with Crippen LogP contribution in [0.25, 0.3) is 0 Å². The predicted octanol–water partition coefficient (Wildman–Crippen LogP) is 2.93. The number of ketones is 1. The molecule has 0 bridgehead atoms. The van der Waals surface area contributed by atoms with E-state index in [-0.39, 0.29) is 11.5 Å². The smallest absolute Gasteiger partial charge is 0.178 e. The predicted molar refractivity (Wildman–Crippen MR) is 74.2 cm³/mol. The Bertz CT molecular complexity index is 621. The van der Waals surface area contributed by atoms with Crippen LogP contribution in [0.15, 0.2) is 47.5 Å². The van der Waals surface area contributed by atoms with Crippen LogP contribution in [-0.2, 0) is 6.42 Å². The fourth-order valence-corrected chi connectivity index (χ4v) is 1.60. The average Bonchev–Trinajstić information content (AvgIpc) is 2.41. The maximum absolute atomic E-state index is 11.2. The Morgan fingerprint density at radius 2 is 2.05 bits per heavy atom. The van der Waals surface area contributed by atoms with Crippen LogP contribution in [0.1, 0.15) is 23.1 Å². The summed E-state index contributed by atoms with van der Waals surface area (Å²) in [6.07, 6.45) is 2.18. The summed E-state index contributed by atoms with van der Waals surface area (Å²) in [5.74, 6) is 0.0867. The van der Waals surface area contributed by atoms with Gasteiger partial charge in [0.05, 0.1) is 0 Å². The van der Waals surface area contributed by atoms with Crippen LogP contribution < -0.4 is 0 Å². The van der Waals surface area contributed by atoms with Crippen LogP contribution in [0.4, 0.5) is 5.69 Å². The van der Waals surface area contributed by atoms with Crippen molar-refractivity contribution in [1.29, 1.82) is 0 Å². The summed E-state index contributed by atoms with van der Waals surface area (Å²) in [7, 11) is 0. The van der Waals surface area contributed by atoms with E-state index in [4.69, 9.17) is 0 Å². The van der Waals surface area contributed by atoms with Crippen LogP contribution in [-0.4, -0.2) is 22.1 Å². The first-order chi connectivity index (χ1) is 9.16. The second-order valence-corrected chi connectivity index (χ2v) is 4.07. The van der Waals surface area contributed by atoms with Crippen molar-refractivity contribution >= 4 is 17.7 Å². The molecule has 96 valence electrons. The van der Waals surface area contributed by atoms with Crippen molar-refractivity contribution in [2.75, 3.05) is 0 Å². The van der Waals surface area contributed by atoms with Gasteiger partial charge in [-0.25, -0.2) is 4.98 Å². The number of aliphatic imine (C=N–C) groups is 1. The maximum Gasteiger partial charge on any atom is 0.178 e. The van der Waals surface area contributed by atoms with Gasteiger partial charge in [-0.15, -0.1) is 0 Å². The fraction of sp³-hybridized carbons (Fsp3) is 0.133. The molecule has 4 nitrogen and oxygen atoms in total. The highest BCUT2D eigenvalue weighted by atomic mass is 16.3. The van der Waals surface area contributed by atoms with Crippen molar-refractivity contribution in [1.82, 2.24) is 4.98 Å². The average molecular weight is 254 g/mol. The molecule has 0 spiro atoms. The molecule has 0 fully saturated rings. The number of phenols is 1. The first kappa shape index (κ1) is 13.0. The van der Waals surface area contributed by atoms with E-state index in [0.717, 1.165) is 5.69 Å². The number of benzene rings is 1. The molecule has 0 saturated heterocycles. The molecule has 0 unspecified atom stereocenters.